The van der Waals surface area contributed by atoms with E-state index in [1.165, 1.54) is 71.5 Å². The molecule has 60 heavy (non-hydrogen) atoms. The van der Waals surface area contributed by atoms with E-state index < -0.39 is 0 Å². The Morgan fingerprint density at radius 3 is 1.55 bits per heavy atom. The first-order valence-corrected chi connectivity index (χ1v) is 20.6. The van der Waals surface area contributed by atoms with Crippen LogP contribution in [0.25, 0.3) is 82.8 Å². The van der Waals surface area contributed by atoms with E-state index in [2.05, 4.69) is 252 Å². The highest BCUT2D eigenvalue weighted by Crippen LogP contribution is 2.48. The maximum absolute atomic E-state index is 2.44. The van der Waals surface area contributed by atoms with Gasteiger partial charge in [-0.1, -0.05) is 188 Å². The highest BCUT2D eigenvalue weighted by Gasteiger charge is 2.23. The summed E-state index contributed by atoms with van der Waals surface area (Å²) >= 11 is 0. The van der Waals surface area contributed by atoms with E-state index in [-0.39, 0.29) is 0 Å². The molecule has 0 radical (unpaired) electrons. The van der Waals surface area contributed by atoms with Crippen LogP contribution in [0.15, 0.2) is 243 Å². The van der Waals surface area contributed by atoms with E-state index in [0.717, 1.165) is 28.3 Å². The Balaban J connectivity index is 1.09. The van der Waals surface area contributed by atoms with Crippen molar-refractivity contribution in [3.63, 3.8) is 0 Å². The van der Waals surface area contributed by atoms with Crippen molar-refractivity contribution >= 4 is 49.6 Å². The van der Waals surface area contributed by atoms with Crippen LogP contribution < -0.4 is 4.90 Å². The first kappa shape index (κ1) is 35.2. The monoisotopic (exact) mass is 764 g/mol. The molecule has 10 aromatic carbocycles. The molecule has 1 aromatic heterocycles. The molecule has 0 aliphatic rings. The van der Waals surface area contributed by atoms with Crippen LogP contribution in [0.1, 0.15) is 0 Å². The summed E-state index contributed by atoms with van der Waals surface area (Å²) in [5, 5.41) is 4.94. The highest BCUT2D eigenvalue weighted by atomic mass is 15.1. The molecule has 282 valence electrons. The third-order valence-corrected chi connectivity index (χ3v) is 11.8. The zero-order valence-corrected chi connectivity index (χ0v) is 33.0. The van der Waals surface area contributed by atoms with E-state index >= 15 is 0 Å². The molecule has 0 aliphatic carbocycles. The number of rotatable bonds is 8. The van der Waals surface area contributed by atoms with E-state index in [1.54, 1.807) is 0 Å². The van der Waals surface area contributed by atoms with Gasteiger partial charge in [0.1, 0.15) is 0 Å². The Morgan fingerprint density at radius 1 is 0.300 bits per heavy atom. The number of aromatic nitrogens is 1. The summed E-state index contributed by atoms with van der Waals surface area (Å²) in [7, 11) is 0. The molecule has 11 rings (SSSR count). The molecule has 0 spiro atoms. The maximum Gasteiger partial charge on any atom is 0.0546 e. The van der Waals surface area contributed by atoms with Crippen LogP contribution in [0.2, 0.25) is 0 Å². The SMILES string of the molecule is c1ccc(-c2ccccc2-c2c(-c3ccccc3)cccc2N(c2ccc(-c3cccc(-n4c5ccccc5c5ccccc54)c3)cc2)c2ccc3ccccc3c2)cc1. The Labute approximate surface area is 350 Å². The van der Waals surface area contributed by atoms with Crippen LogP contribution in [-0.2, 0) is 0 Å². The molecule has 0 bridgehead atoms. The van der Waals surface area contributed by atoms with E-state index in [9.17, 15) is 0 Å². The summed E-state index contributed by atoms with van der Waals surface area (Å²) in [6.07, 6.45) is 0. The Morgan fingerprint density at radius 2 is 0.833 bits per heavy atom. The predicted octanol–water partition coefficient (Wildman–Crippen LogP) is 16.1. The van der Waals surface area contributed by atoms with Crippen molar-refractivity contribution in [2.75, 3.05) is 4.90 Å². The van der Waals surface area contributed by atoms with Gasteiger partial charge in [-0.25, -0.2) is 0 Å². The molecular weight excluding hydrogens is 725 g/mol. The minimum Gasteiger partial charge on any atom is -0.310 e. The summed E-state index contributed by atoms with van der Waals surface area (Å²) in [4.78, 5) is 2.44. The van der Waals surface area contributed by atoms with Gasteiger partial charge in [0.15, 0.2) is 0 Å². The van der Waals surface area contributed by atoms with Gasteiger partial charge in [0.2, 0.25) is 0 Å². The largest absolute Gasteiger partial charge is 0.310 e. The molecule has 0 unspecified atom stereocenters. The smallest absolute Gasteiger partial charge is 0.0546 e. The molecule has 2 nitrogen and oxygen atoms in total. The minimum absolute atomic E-state index is 1.08. The van der Waals surface area contributed by atoms with Crippen molar-refractivity contribution in [1.82, 2.24) is 4.57 Å². The van der Waals surface area contributed by atoms with Crippen LogP contribution in [0, 0.1) is 0 Å². The van der Waals surface area contributed by atoms with Crippen LogP contribution in [0.5, 0.6) is 0 Å². The van der Waals surface area contributed by atoms with Crippen molar-refractivity contribution in [1.29, 1.82) is 0 Å². The molecule has 1 heterocycles. The summed E-state index contributed by atoms with van der Waals surface area (Å²) in [5.74, 6) is 0. The Kier molecular flexibility index (Phi) is 8.87. The second kappa shape index (κ2) is 15.1. The molecule has 2 heteroatoms. The molecule has 0 saturated carbocycles. The maximum atomic E-state index is 2.44. The third-order valence-electron chi connectivity index (χ3n) is 11.8. The average Bonchev–Trinajstić information content (AvgIpc) is 3.67. The lowest BCUT2D eigenvalue weighted by Crippen LogP contribution is -2.12. The molecule has 0 saturated heterocycles. The fourth-order valence-corrected chi connectivity index (χ4v) is 9.01. The van der Waals surface area contributed by atoms with Crippen LogP contribution in [0.3, 0.4) is 0 Å². The summed E-state index contributed by atoms with van der Waals surface area (Å²) in [6, 6.07) is 88.0. The molecule has 0 N–H and O–H groups in total. The zero-order chi connectivity index (χ0) is 39.8. The predicted molar refractivity (Wildman–Crippen MR) is 255 cm³/mol. The van der Waals surface area contributed by atoms with Crippen molar-refractivity contribution in [2.24, 2.45) is 0 Å². The molecule has 11 aromatic rings. The van der Waals surface area contributed by atoms with Gasteiger partial charge in [-0.3, -0.25) is 0 Å². The lowest BCUT2D eigenvalue weighted by atomic mass is 9.87. The fraction of sp³-hybridized carbons (Fsp3) is 0. The van der Waals surface area contributed by atoms with E-state index in [0.29, 0.717) is 0 Å². The van der Waals surface area contributed by atoms with Gasteiger partial charge in [0.25, 0.3) is 0 Å². The number of nitrogens with zero attached hydrogens (tertiary/aromatic N) is 2. The van der Waals surface area contributed by atoms with Gasteiger partial charge in [0, 0.05) is 33.4 Å². The summed E-state index contributed by atoms with van der Waals surface area (Å²) < 4.78 is 2.39. The molecule has 0 fully saturated rings. The van der Waals surface area contributed by atoms with Crippen LogP contribution in [0.4, 0.5) is 17.1 Å². The molecule has 0 aliphatic heterocycles. The van der Waals surface area contributed by atoms with Gasteiger partial charge >= 0.3 is 0 Å². The quantitative estimate of drug-likeness (QED) is 0.150. The number of fused-ring (bicyclic) bond motifs is 4. The average molecular weight is 765 g/mol. The first-order valence-electron chi connectivity index (χ1n) is 20.6. The summed E-state index contributed by atoms with van der Waals surface area (Å²) in [6.45, 7) is 0. The summed E-state index contributed by atoms with van der Waals surface area (Å²) in [5.41, 5.74) is 16.3. The van der Waals surface area contributed by atoms with Gasteiger partial charge in [-0.05, 0) is 104 Å². The lowest BCUT2D eigenvalue weighted by Gasteiger charge is -2.30. The second-order valence-corrected chi connectivity index (χ2v) is 15.3. The number of anilines is 3. The van der Waals surface area contributed by atoms with Crippen molar-refractivity contribution in [3.05, 3.63) is 243 Å². The van der Waals surface area contributed by atoms with Crippen molar-refractivity contribution in [3.8, 4) is 50.2 Å². The topological polar surface area (TPSA) is 8.17 Å². The zero-order valence-electron chi connectivity index (χ0n) is 33.0. The van der Waals surface area contributed by atoms with Gasteiger partial charge < -0.3 is 9.47 Å². The highest BCUT2D eigenvalue weighted by molar-refractivity contribution is 6.09. The van der Waals surface area contributed by atoms with Gasteiger partial charge in [0.05, 0.1) is 16.7 Å². The van der Waals surface area contributed by atoms with Gasteiger partial charge in [-0.2, -0.15) is 0 Å². The normalized spacial score (nSPS) is 11.3. The first-order chi connectivity index (χ1) is 29.8. The fourth-order valence-electron chi connectivity index (χ4n) is 9.01. The number of benzene rings is 10. The minimum atomic E-state index is 1.08. The standard InChI is InChI=1S/C58H40N2/c1-3-18-43(19-4-1)50-25-9-10-28-54(50)58-51(44-20-5-2-6-21-44)29-16-32-57(58)59(49-38-35-41-17-7-8-22-45(41)40-49)47-36-33-42(34-37-47)46-23-15-24-48(39-46)60-55-30-13-11-26-52(55)53-27-12-14-31-56(53)60/h1-40H. The Hall–Kier alpha value is -7.94. The lowest BCUT2D eigenvalue weighted by molar-refractivity contribution is 1.18. The molecular formula is C58H40N2. The number of hydrogen-bond acceptors (Lipinski definition) is 1. The number of hydrogen-bond donors (Lipinski definition) is 0. The third kappa shape index (κ3) is 6.23. The van der Waals surface area contributed by atoms with Crippen LogP contribution >= 0.6 is 0 Å². The van der Waals surface area contributed by atoms with Crippen LogP contribution in [-0.4, -0.2) is 4.57 Å². The molecule has 0 atom stereocenters. The van der Waals surface area contributed by atoms with E-state index in [1.807, 2.05) is 0 Å². The molecule has 0 amide bonds. The van der Waals surface area contributed by atoms with Crippen molar-refractivity contribution in [2.45, 2.75) is 0 Å². The van der Waals surface area contributed by atoms with Crippen molar-refractivity contribution < 1.29 is 0 Å². The van der Waals surface area contributed by atoms with Gasteiger partial charge in [-0.15, -0.1) is 0 Å². The number of para-hydroxylation sites is 2. The Bertz CT molecular complexity index is 3250. The van der Waals surface area contributed by atoms with E-state index in [4.69, 9.17) is 0 Å². The second-order valence-electron chi connectivity index (χ2n) is 15.3.